The van der Waals surface area contributed by atoms with Crippen LogP contribution in [0.4, 0.5) is 0 Å². The predicted molar refractivity (Wildman–Crippen MR) is 204 cm³/mol. The quantitative estimate of drug-likeness (QED) is 0.224. The highest BCUT2D eigenvalue weighted by Crippen LogP contribution is 2.46. The third-order valence-corrected chi connectivity index (χ3v) is 16.2. The van der Waals surface area contributed by atoms with Gasteiger partial charge in [0.25, 0.3) is 0 Å². The summed E-state index contributed by atoms with van der Waals surface area (Å²) in [5.74, 6) is 4.47. The van der Waals surface area contributed by atoms with E-state index in [0.29, 0.717) is 11.8 Å². The van der Waals surface area contributed by atoms with E-state index in [0.717, 1.165) is 67.5 Å². The molecule has 6 heteroatoms. The number of carbonyl (C=O) groups excluding carboxylic acids is 1. The maximum absolute atomic E-state index is 13.5. The second kappa shape index (κ2) is 18.4. The number of hydrogen-bond acceptors (Lipinski definition) is 5. The van der Waals surface area contributed by atoms with Gasteiger partial charge in [0.2, 0.25) is 5.91 Å². The first-order valence-electron chi connectivity index (χ1n) is 22.6. The molecule has 0 spiro atoms. The summed E-state index contributed by atoms with van der Waals surface area (Å²) in [6.45, 7) is 0. The van der Waals surface area contributed by atoms with Crippen LogP contribution in [-0.2, 0) is 4.79 Å². The van der Waals surface area contributed by atoms with Crippen LogP contribution in [0, 0.1) is 41.4 Å². The van der Waals surface area contributed by atoms with E-state index in [1.165, 1.54) is 161 Å². The Morgan fingerprint density at radius 1 is 0.600 bits per heavy atom. The lowest BCUT2D eigenvalue weighted by molar-refractivity contribution is -0.135. The van der Waals surface area contributed by atoms with Crippen molar-refractivity contribution in [1.29, 1.82) is 0 Å². The Kier molecular flexibility index (Phi) is 13.7. The number of rotatable bonds is 10. The molecule has 7 fully saturated rings. The molecule has 0 aromatic heterocycles. The van der Waals surface area contributed by atoms with E-state index < -0.39 is 6.10 Å². The molecule has 0 saturated heterocycles. The Hall–Kier alpha value is -1.01. The van der Waals surface area contributed by atoms with E-state index in [9.17, 15) is 9.90 Å². The largest absolute Gasteiger partial charge is 0.390 e. The Morgan fingerprint density at radius 3 is 1.68 bits per heavy atom. The number of amides is 1. The molecule has 0 aromatic carbocycles. The van der Waals surface area contributed by atoms with Gasteiger partial charge in [0, 0.05) is 31.2 Å². The van der Waals surface area contributed by atoms with Crippen molar-refractivity contribution >= 4 is 5.91 Å². The summed E-state index contributed by atoms with van der Waals surface area (Å²) in [5.41, 5.74) is 0. The minimum Gasteiger partial charge on any atom is -0.390 e. The molecule has 0 heterocycles. The molecule has 0 aromatic rings. The van der Waals surface area contributed by atoms with E-state index in [1.807, 2.05) is 0 Å². The zero-order valence-electron chi connectivity index (χ0n) is 32.2. The maximum atomic E-state index is 13.5. The normalized spacial score (nSPS) is 41.2. The minimum absolute atomic E-state index is 0.0808. The van der Waals surface area contributed by atoms with Crippen molar-refractivity contribution in [2.75, 3.05) is 7.05 Å². The first-order chi connectivity index (χ1) is 24.6. The molecule has 5 atom stereocenters. The minimum atomic E-state index is -0.692. The Bertz CT molecular complexity index is 1030. The van der Waals surface area contributed by atoms with Crippen LogP contribution in [0.1, 0.15) is 186 Å². The molecular weight excluding hydrogens is 617 g/mol. The number of aliphatic hydroxyl groups excluding tert-OH is 1. The molecule has 7 saturated carbocycles. The smallest absolute Gasteiger partial charge is 0.226 e. The van der Waals surface area contributed by atoms with Crippen LogP contribution in [0.5, 0.6) is 0 Å². The van der Waals surface area contributed by atoms with Gasteiger partial charge in [0.05, 0.1) is 12.0 Å². The second-order valence-corrected chi connectivity index (χ2v) is 19.0. The number of nitrogens with zero attached hydrogens (tertiary/aromatic N) is 3. The van der Waals surface area contributed by atoms with Crippen molar-refractivity contribution in [2.24, 2.45) is 51.7 Å². The number of azo groups is 1. The number of carbonyl (C=O) groups is 1. The summed E-state index contributed by atoms with van der Waals surface area (Å²) in [6, 6.07) is 2.79. The van der Waals surface area contributed by atoms with Gasteiger partial charge in [-0.1, -0.05) is 83.5 Å². The van der Waals surface area contributed by atoms with Gasteiger partial charge in [0.1, 0.15) is 6.04 Å². The topological polar surface area (TPSA) is 77.3 Å². The zero-order chi connectivity index (χ0) is 34.3. The molecular formula is C44H76N4O2. The maximum Gasteiger partial charge on any atom is 0.226 e. The van der Waals surface area contributed by atoms with Gasteiger partial charge >= 0.3 is 0 Å². The van der Waals surface area contributed by atoms with Crippen LogP contribution in [-0.4, -0.2) is 59.3 Å². The summed E-state index contributed by atoms with van der Waals surface area (Å²) in [6.07, 6.45) is 39.2. The summed E-state index contributed by atoms with van der Waals surface area (Å²) in [7, 11) is 1.70. The predicted octanol–water partition coefficient (Wildman–Crippen LogP) is 10.4. The molecule has 0 bridgehead atoms. The van der Waals surface area contributed by atoms with Gasteiger partial charge in [-0.2, -0.15) is 10.2 Å². The highest BCUT2D eigenvalue weighted by molar-refractivity contribution is 5.80. The van der Waals surface area contributed by atoms with Crippen molar-refractivity contribution in [1.82, 2.24) is 10.2 Å². The third-order valence-electron chi connectivity index (χ3n) is 16.2. The van der Waals surface area contributed by atoms with Crippen molar-refractivity contribution in [3.63, 3.8) is 0 Å². The van der Waals surface area contributed by atoms with Crippen LogP contribution in [0.25, 0.3) is 0 Å². The second-order valence-electron chi connectivity index (χ2n) is 19.0. The van der Waals surface area contributed by atoms with E-state index in [2.05, 4.69) is 20.4 Å². The van der Waals surface area contributed by atoms with E-state index in [-0.39, 0.29) is 23.9 Å². The Balaban J connectivity index is 0.794. The van der Waals surface area contributed by atoms with Gasteiger partial charge in [-0.05, 0) is 138 Å². The Morgan fingerprint density at radius 2 is 1.10 bits per heavy atom. The molecule has 2 N–H and O–H groups in total. The molecule has 7 aliphatic rings. The van der Waals surface area contributed by atoms with Gasteiger partial charge in [-0.25, -0.2) is 0 Å². The lowest BCUT2D eigenvalue weighted by Crippen LogP contribution is -2.54. The Labute approximate surface area is 306 Å². The van der Waals surface area contributed by atoms with Crippen LogP contribution in [0.3, 0.4) is 0 Å². The van der Waals surface area contributed by atoms with E-state index in [1.54, 1.807) is 7.05 Å². The average molecular weight is 693 g/mol. The lowest BCUT2D eigenvalue weighted by atomic mass is 9.64. The van der Waals surface area contributed by atoms with Crippen LogP contribution >= 0.6 is 0 Å². The fraction of sp³-hybridized carbons (Fsp3) is 0.977. The van der Waals surface area contributed by atoms with Crippen LogP contribution in [0.2, 0.25) is 0 Å². The number of aliphatic hydroxyl groups is 1. The molecule has 7 rings (SSSR count). The third kappa shape index (κ3) is 9.19. The summed E-state index contributed by atoms with van der Waals surface area (Å²) < 4.78 is 0. The molecule has 5 unspecified atom stereocenters. The van der Waals surface area contributed by atoms with Crippen molar-refractivity contribution in [2.45, 2.75) is 223 Å². The molecule has 284 valence electrons. The average Bonchev–Trinajstić information content (AvgIpc) is 3.17. The lowest BCUT2D eigenvalue weighted by Gasteiger charge is -2.49. The summed E-state index contributed by atoms with van der Waals surface area (Å²) >= 11 is 0. The first-order valence-corrected chi connectivity index (χ1v) is 22.6. The monoisotopic (exact) mass is 693 g/mol. The summed E-state index contributed by atoms with van der Waals surface area (Å²) in [4.78, 5) is 16.6. The van der Waals surface area contributed by atoms with Crippen molar-refractivity contribution in [3.05, 3.63) is 0 Å². The highest BCUT2D eigenvalue weighted by atomic mass is 16.3. The number of fused-ring (bicyclic) bond motifs is 1. The molecule has 50 heavy (non-hydrogen) atoms. The van der Waals surface area contributed by atoms with Gasteiger partial charge in [-0.15, -0.1) is 0 Å². The van der Waals surface area contributed by atoms with Crippen molar-refractivity contribution in [3.8, 4) is 0 Å². The number of hydrogen-bond donors (Lipinski definition) is 2. The van der Waals surface area contributed by atoms with Gasteiger partial charge in [0.15, 0.2) is 0 Å². The molecule has 1 amide bonds. The first kappa shape index (κ1) is 37.3. The SMILES string of the molecule is CN=NC1C(O)C(C(=O)NC2CCC(CCC3CCC(C4CCC(N(C5CCCCC5)C5CCCCC5)CC4)CC3)CC2)CC2CCCCC21. The van der Waals surface area contributed by atoms with Crippen LogP contribution < -0.4 is 5.32 Å². The molecule has 0 aliphatic heterocycles. The van der Waals surface area contributed by atoms with Crippen molar-refractivity contribution < 1.29 is 9.90 Å². The zero-order valence-corrected chi connectivity index (χ0v) is 32.2. The molecule has 0 radical (unpaired) electrons. The van der Waals surface area contributed by atoms with E-state index in [4.69, 9.17) is 0 Å². The fourth-order valence-electron chi connectivity index (χ4n) is 13.3. The fourth-order valence-corrected chi connectivity index (χ4v) is 13.3. The van der Waals surface area contributed by atoms with Gasteiger partial charge < -0.3 is 10.4 Å². The van der Waals surface area contributed by atoms with Gasteiger partial charge in [-0.3, -0.25) is 9.69 Å². The van der Waals surface area contributed by atoms with E-state index >= 15 is 0 Å². The molecule has 7 aliphatic carbocycles. The molecule has 6 nitrogen and oxygen atoms in total. The standard InChI is InChI=1S/C44H76N4O2/c1-45-47-42-40-15-9-8-10-35(40)30-41(43(42)49)44(50)46-36-26-20-32(21-27-36)17-16-31-18-22-33(23-19-31)34-24-28-39(29-25-34)48(37-11-4-2-5-12-37)38-13-6-3-7-14-38/h31-43,49H,2-30H2,1H3,(H,46,50). The number of nitrogens with one attached hydrogen (secondary N) is 1. The summed E-state index contributed by atoms with van der Waals surface area (Å²) in [5, 5.41) is 23.2. The highest BCUT2D eigenvalue weighted by Gasteiger charge is 2.48. The van der Waals surface area contributed by atoms with Crippen LogP contribution in [0.15, 0.2) is 10.2 Å².